The second-order valence-electron chi connectivity index (χ2n) is 9.14. The molecule has 0 amide bonds. The van der Waals surface area contributed by atoms with E-state index >= 15 is 0 Å². The number of hydrogen-bond donors (Lipinski definition) is 1. The number of anilines is 1. The number of nitrogens with one attached hydrogen (secondary N) is 1. The summed E-state index contributed by atoms with van der Waals surface area (Å²) in [6, 6.07) is 13.8. The van der Waals surface area contributed by atoms with Crippen molar-refractivity contribution in [1.29, 1.82) is 0 Å². The fraction of sp³-hybridized carbons (Fsp3) is 0.520. The van der Waals surface area contributed by atoms with Crippen LogP contribution in [0.4, 0.5) is 5.13 Å². The van der Waals surface area contributed by atoms with Gasteiger partial charge in [-0.25, -0.2) is 0 Å². The summed E-state index contributed by atoms with van der Waals surface area (Å²) >= 11 is 1.70. The van der Waals surface area contributed by atoms with Gasteiger partial charge in [0, 0.05) is 57.2 Å². The SMILES string of the molecule is Cc1ccc(CNCc2cccn2-c2nnc(N3CCN(C4CCCCC4)CC3)s2)cc1. The fourth-order valence-electron chi connectivity index (χ4n) is 4.95. The minimum absolute atomic E-state index is 0.801. The maximum absolute atomic E-state index is 4.55. The smallest absolute Gasteiger partial charge is 0.218 e. The van der Waals surface area contributed by atoms with Crippen LogP contribution >= 0.6 is 11.3 Å². The third-order valence-corrected chi connectivity index (χ3v) is 7.86. The van der Waals surface area contributed by atoms with Gasteiger partial charge in [-0.1, -0.05) is 60.4 Å². The Morgan fingerprint density at radius 1 is 0.906 bits per heavy atom. The third-order valence-electron chi connectivity index (χ3n) is 6.87. The van der Waals surface area contributed by atoms with E-state index < -0.39 is 0 Å². The molecule has 1 aromatic carbocycles. The first kappa shape index (κ1) is 21.6. The van der Waals surface area contributed by atoms with Crippen LogP contribution in [-0.2, 0) is 13.1 Å². The molecule has 0 bridgehead atoms. The monoisotopic (exact) mass is 450 g/mol. The van der Waals surface area contributed by atoms with Crippen LogP contribution in [0.5, 0.6) is 0 Å². The van der Waals surface area contributed by atoms with Gasteiger partial charge >= 0.3 is 0 Å². The van der Waals surface area contributed by atoms with Gasteiger partial charge in [-0.3, -0.25) is 9.47 Å². The summed E-state index contributed by atoms with van der Waals surface area (Å²) < 4.78 is 2.17. The molecule has 32 heavy (non-hydrogen) atoms. The average Bonchev–Trinajstić information content (AvgIpc) is 3.51. The zero-order valence-corrected chi connectivity index (χ0v) is 19.9. The van der Waals surface area contributed by atoms with Crippen molar-refractivity contribution in [3.05, 3.63) is 59.4 Å². The van der Waals surface area contributed by atoms with E-state index in [0.717, 1.165) is 55.6 Å². The number of aryl methyl sites for hydroxylation is 1. The molecule has 3 heterocycles. The van der Waals surface area contributed by atoms with E-state index in [4.69, 9.17) is 0 Å². The Kier molecular flexibility index (Phi) is 6.86. The molecule has 170 valence electrons. The van der Waals surface area contributed by atoms with Crippen LogP contribution in [0.25, 0.3) is 5.13 Å². The van der Waals surface area contributed by atoms with Gasteiger partial charge in [-0.05, 0) is 37.5 Å². The van der Waals surface area contributed by atoms with E-state index in [1.807, 2.05) is 0 Å². The Balaban J connectivity index is 1.16. The van der Waals surface area contributed by atoms with Crippen molar-refractivity contribution in [2.24, 2.45) is 0 Å². The van der Waals surface area contributed by atoms with Crippen molar-refractivity contribution in [3.63, 3.8) is 0 Å². The summed E-state index contributed by atoms with van der Waals surface area (Å²) in [7, 11) is 0. The highest BCUT2D eigenvalue weighted by atomic mass is 32.1. The summed E-state index contributed by atoms with van der Waals surface area (Å²) in [5, 5.41) is 14.6. The van der Waals surface area contributed by atoms with Gasteiger partial charge in [0.2, 0.25) is 10.3 Å². The summed E-state index contributed by atoms with van der Waals surface area (Å²) in [5.41, 5.74) is 3.81. The Hall–Kier alpha value is -2.22. The standard InChI is InChI=1S/C25H34N6S/c1-20-9-11-21(12-10-20)18-26-19-23-8-5-13-31(23)25-28-27-24(32-25)30-16-14-29(15-17-30)22-6-3-2-4-7-22/h5,8-13,22,26H,2-4,6-7,14-19H2,1H3. The van der Waals surface area contributed by atoms with Gasteiger partial charge in [0.15, 0.2) is 0 Å². The second-order valence-corrected chi connectivity index (χ2v) is 10.1. The van der Waals surface area contributed by atoms with Crippen molar-refractivity contribution in [2.45, 2.75) is 58.2 Å². The van der Waals surface area contributed by atoms with E-state index in [2.05, 4.69) is 79.4 Å². The van der Waals surface area contributed by atoms with Crippen LogP contribution in [0.3, 0.4) is 0 Å². The minimum atomic E-state index is 0.801. The van der Waals surface area contributed by atoms with Crippen LogP contribution < -0.4 is 10.2 Å². The summed E-state index contributed by atoms with van der Waals surface area (Å²) in [6.07, 6.45) is 9.10. The maximum Gasteiger partial charge on any atom is 0.218 e. The highest BCUT2D eigenvalue weighted by Gasteiger charge is 2.26. The lowest BCUT2D eigenvalue weighted by Crippen LogP contribution is -2.50. The summed E-state index contributed by atoms with van der Waals surface area (Å²) in [6.45, 7) is 8.20. The number of nitrogens with zero attached hydrogens (tertiary/aromatic N) is 5. The van der Waals surface area contributed by atoms with Gasteiger partial charge in [0.05, 0.1) is 0 Å². The quantitative estimate of drug-likeness (QED) is 0.579. The van der Waals surface area contributed by atoms with Crippen molar-refractivity contribution in [3.8, 4) is 5.13 Å². The zero-order valence-electron chi connectivity index (χ0n) is 19.0. The predicted molar refractivity (Wildman–Crippen MR) is 132 cm³/mol. The van der Waals surface area contributed by atoms with Crippen molar-refractivity contribution >= 4 is 16.5 Å². The maximum atomic E-state index is 4.55. The van der Waals surface area contributed by atoms with E-state index in [-0.39, 0.29) is 0 Å². The molecule has 6 nitrogen and oxygen atoms in total. The average molecular weight is 451 g/mol. The molecule has 0 atom stereocenters. The van der Waals surface area contributed by atoms with Gasteiger partial charge in [-0.15, -0.1) is 10.2 Å². The first-order valence-corrected chi connectivity index (χ1v) is 12.8. The van der Waals surface area contributed by atoms with Gasteiger partial charge < -0.3 is 10.2 Å². The van der Waals surface area contributed by atoms with Crippen LogP contribution in [0.15, 0.2) is 42.6 Å². The van der Waals surface area contributed by atoms with E-state index in [9.17, 15) is 0 Å². The Labute approximate surface area is 195 Å². The second kappa shape index (κ2) is 10.1. The van der Waals surface area contributed by atoms with Crippen LogP contribution in [0.2, 0.25) is 0 Å². The lowest BCUT2D eigenvalue weighted by molar-refractivity contribution is 0.148. The predicted octanol–water partition coefficient (Wildman–Crippen LogP) is 4.38. The normalized spacial score (nSPS) is 18.3. The first-order chi connectivity index (χ1) is 15.8. The number of piperazine rings is 1. The lowest BCUT2D eigenvalue weighted by Gasteiger charge is -2.40. The largest absolute Gasteiger partial charge is 0.344 e. The fourth-order valence-corrected chi connectivity index (χ4v) is 5.86. The topological polar surface area (TPSA) is 49.2 Å². The third kappa shape index (κ3) is 5.05. The number of benzene rings is 1. The van der Waals surface area contributed by atoms with Gasteiger partial charge in [0.25, 0.3) is 0 Å². The molecular weight excluding hydrogens is 416 g/mol. The Morgan fingerprint density at radius 2 is 1.66 bits per heavy atom. The van der Waals surface area contributed by atoms with Crippen molar-refractivity contribution < 1.29 is 0 Å². The van der Waals surface area contributed by atoms with Crippen molar-refractivity contribution in [2.75, 3.05) is 31.1 Å². The zero-order chi connectivity index (χ0) is 21.8. The highest BCUT2D eigenvalue weighted by molar-refractivity contribution is 7.17. The summed E-state index contributed by atoms with van der Waals surface area (Å²) in [5.74, 6) is 0. The molecule has 0 spiro atoms. The molecule has 2 aromatic heterocycles. The molecule has 2 fully saturated rings. The van der Waals surface area contributed by atoms with Gasteiger partial charge in [0.1, 0.15) is 0 Å². The molecule has 7 heteroatoms. The molecule has 0 unspecified atom stereocenters. The minimum Gasteiger partial charge on any atom is -0.344 e. The highest BCUT2D eigenvalue weighted by Crippen LogP contribution is 2.28. The molecular formula is C25H34N6S. The molecule has 2 aliphatic rings. The molecule has 1 aliphatic carbocycles. The van der Waals surface area contributed by atoms with Gasteiger partial charge in [-0.2, -0.15) is 0 Å². The molecule has 1 aliphatic heterocycles. The molecule has 1 saturated carbocycles. The molecule has 5 rings (SSSR count). The molecule has 1 N–H and O–H groups in total. The van der Waals surface area contributed by atoms with Crippen LogP contribution in [-0.4, -0.2) is 51.9 Å². The van der Waals surface area contributed by atoms with E-state index in [0.29, 0.717) is 0 Å². The van der Waals surface area contributed by atoms with E-state index in [1.54, 1.807) is 11.3 Å². The Morgan fingerprint density at radius 3 is 2.44 bits per heavy atom. The molecule has 3 aromatic rings. The Bertz CT molecular complexity index is 980. The van der Waals surface area contributed by atoms with Crippen LogP contribution in [0, 0.1) is 6.92 Å². The first-order valence-electron chi connectivity index (χ1n) is 12.0. The number of rotatable bonds is 7. The summed E-state index contributed by atoms with van der Waals surface area (Å²) in [4.78, 5) is 5.13. The van der Waals surface area contributed by atoms with Crippen LogP contribution in [0.1, 0.15) is 48.9 Å². The molecule has 1 saturated heterocycles. The lowest BCUT2D eigenvalue weighted by atomic mass is 9.94. The number of aromatic nitrogens is 3. The van der Waals surface area contributed by atoms with E-state index in [1.165, 1.54) is 48.9 Å². The molecule has 0 radical (unpaired) electrons. The number of hydrogen-bond acceptors (Lipinski definition) is 6. The van der Waals surface area contributed by atoms with Crippen molar-refractivity contribution in [1.82, 2.24) is 25.0 Å².